The highest BCUT2D eigenvalue weighted by molar-refractivity contribution is 5.85. The maximum atomic E-state index is 11.6. The number of carbonyl (C=O) groups is 2. The molecule has 0 aliphatic carbocycles. The molecule has 0 saturated carbocycles. The third-order valence-electron chi connectivity index (χ3n) is 2.53. The summed E-state index contributed by atoms with van der Waals surface area (Å²) in [4.78, 5) is 32.7. The van der Waals surface area contributed by atoms with Crippen LogP contribution in [0.2, 0.25) is 0 Å². The van der Waals surface area contributed by atoms with Gasteiger partial charge in [-0.15, -0.1) is 0 Å². The molecule has 0 atom stereocenters. The first-order chi connectivity index (χ1) is 9.49. The van der Waals surface area contributed by atoms with Crippen molar-refractivity contribution in [3.8, 4) is 0 Å². The van der Waals surface area contributed by atoms with Crippen LogP contribution >= 0.6 is 0 Å². The van der Waals surface area contributed by atoms with Crippen LogP contribution in [0.25, 0.3) is 0 Å². The van der Waals surface area contributed by atoms with Gasteiger partial charge in [0.15, 0.2) is 0 Å². The molecule has 110 valence electrons. The second-order valence-electron chi connectivity index (χ2n) is 4.26. The second kappa shape index (κ2) is 7.42. The molecule has 1 rings (SSSR count). The van der Waals surface area contributed by atoms with Crippen molar-refractivity contribution in [3.63, 3.8) is 0 Å². The Balaban J connectivity index is 2.97. The van der Waals surface area contributed by atoms with E-state index in [1.165, 1.54) is 13.3 Å². The summed E-state index contributed by atoms with van der Waals surface area (Å²) in [6.07, 6.45) is 1.45. The molecule has 0 radical (unpaired) electrons. The number of methoxy groups -OCH3 is 1. The molecule has 7 nitrogen and oxygen atoms in total. The van der Waals surface area contributed by atoms with Gasteiger partial charge in [-0.2, -0.15) is 0 Å². The molecule has 0 spiro atoms. The first-order valence-corrected chi connectivity index (χ1v) is 6.33. The number of esters is 2. The summed E-state index contributed by atoms with van der Waals surface area (Å²) in [6, 6.07) is 1.64. The molecule has 1 aromatic heterocycles. The van der Waals surface area contributed by atoms with Crippen molar-refractivity contribution in [2.45, 2.75) is 26.8 Å². The van der Waals surface area contributed by atoms with Crippen LogP contribution in [0, 0.1) is 0 Å². The highest BCUT2D eigenvalue weighted by atomic mass is 16.5. The van der Waals surface area contributed by atoms with Crippen molar-refractivity contribution >= 4 is 17.8 Å². The van der Waals surface area contributed by atoms with E-state index in [1.807, 2.05) is 13.8 Å². The van der Waals surface area contributed by atoms with Crippen molar-refractivity contribution in [2.24, 2.45) is 0 Å². The van der Waals surface area contributed by atoms with Gasteiger partial charge in [0.2, 0.25) is 5.82 Å². The zero-order valence-electron chi connectivity index (χ0n) is 12.1. The number of nitrogens with zero attached hydrogens (tertiary/aromatic N) is 3. The first-order valence-electron chi connectivity index (χ1n) is 6.33. The van der Waals surface area contributed by atoms with E-state index in [1.54, 1.807) is 17.9 Å². The van der Waals surface area contributed by atoms with Gasteiger partial charge in [0.25, 0.3) is 0 Å². The van der Waals surface area contributed by atoms with E-state index in [-0.39, 0.29) is 24.4 Å². The average molecular weight is 281 g/mol. The summed E-state index contributed by atoms with van der Waals surface area (Å²) >= 11 is 0. The monoisotopic (exact) mass is 281 g/mol. The van der Waals surface area contributed by atoms with Gasteiger partial charge in [0, 0.05) is 12.2 Å². The van der Waals surface area contributed by atoms with Crippen molar-refractivity contribution in [1.29, 1.82) is 0 Å². The van der Waals surface area contributed by atoms with E-state index in [9.17, 15) is 9.59 Å². The number of carbonyl (C=O) groups excluding carboxylic acids is 2. The molecule has 0 bridgehead atoms. The predicted octanol–water partition coefficient (Wildman–Crippen LogP) is 1.04. The Morgan fingerprint density at radius 3 is 2.65 bits per heavy atom. The van der Waals surface area contributed by atoms with Gasteiger partial charge in [0.05, 0.1) is 13.7 Å². The first kappa shape index (κ1) is 15.9. The second-order valence-corrected chi connectivity index (χ2v) is 4.26. The SMILES string of the molecule is CCOC(=O)CN(c1ccnc(C(=O)OC)n1)C(C)C. The molecule has 0 aliphatic heterocycles. The average Bonchev–Trinajstić information content (AvgIpc) is 2.44. The number of hydrogen-bond acceptors (Lipinski definition) is 7. The van der Waals surface area contributed by atoms with Crippen LogP contribution < -0.4 is 4.90 Å². The molecule has 0 unspecified atom stereocenters. The summed E-state index contributed by atoms with van der Waals surface area (Å²) in [5, 5.41) is 0. The largest absolute Gasteiger partial charge is 0.465 e. The minimum atomic E-state index is -0.619. The lowest BCUT2D eigenvalue weighted by atomic mass is 10.3. The predicted molar refractivity (Wildman–Crippen MR) is 72.5 cm³/mol. The van der Waals surface area contributed by atoms with Crippen molar-refractivity contribution < 1.29 is 19.1 Å². The summed E-state index contributed by atoms with van der Waals surface area (Å²) in [5.41, 5.74) is 0. The summed E-state index contributed by atoms with van der Waals surface area (Å²) in [6.45, 7) is 5.96. The topological polar surface area (TPSA) is 81.6 Å². The zero-order chi connectivity index (χ0) is 15.1. The van der Waals surface area contributed by atoms with Gasteiger partial charge in [-0.1, -0.05) is 0 Å². The fraction of sp³-hybridized carbons (Fsp3) is 0.538. The van der Waals surface area contributed by atoms with Crippen LogP contribution in [0.3, 0.4) is 0 Å². The van der Waals surface area contributed by atoms with Gasteiger partial charge in [-0.3, -0.25) is 4.79 Å². The third kappa shape index (κ3) is 4.18. The molecular formula is C13H19N3O4. The summed E-state index contributed by atoms with van der Waals surface area (Å²) < 4.78 is 9.50. The Morgan fingerprint density at radius 1 is 1.40 bits per heavy atom. The van der Waals surface area contributed by atoms with E-state index in [4.69, 9.17) is 4.74 Å². The Hall–Kier alpha value is -2.18. The third-order valence-corrected chi connectivity index (χ3v) is 2.53. The van der Waals surface area contributed by atoms with Crippen LogP contribution in [0.4, 0.5) is 5.82 Å². The lowest BCUT2D eigenvalue weighted by Crippen LogP contribution is -2.37. The van der Waals surface area contributed by atoms with Gasteiger partial charge < -0.3 is 14.4 Å². The van der Waals surface area contributed by atoms with E-state index in [2.05, 4.69) is 14.7 Å². The molecule has 1 heterocycles. The normalized spacial score (nSPS) is 10.2. The van der Waals surface area contributed by atoms with Gasteiger partial charge in [0.1, 0.15) is 12.4 Å². The minimum absolute atomic E-state index is 0.0137. The van der Waals surface area contributed by atoms with Gasteiger partial charge >= 0.3 is 11.9 Å². The van der Waals surface area contributed by atoms with Crippen LogP contribution in [-0.2, 0) is 14.3 Å². The molecular weight excluding hydrogens is 262 g/mol. The van der Waals surface area contributed by atoms with E-state index in [0.29, 0.717) is 12.4 Å². The molecule has 7 heteroatoms. The Labute approximate surface area is 117 Å². The molecule has 0 aromatic carbocycles. The van der Waals surface area contributed by atoms with Gasteiger partial charge in [-0.05, 0) is 26.8 Å². The molecule has 0 aliphatic rings. The standard InChI is InChI=1S/C13H19N3O4/c1-5-20-11(17)8-16(9(2)3)10-6-7-14-12(15-10)13(18)19-4/h6-7,9H,5,8H2,1-4H3. The number of rotatable bonds is 6. The molecule has 0 fully saturated rings. The Bertz CT molecular complexity index is 476. The highest BCUT2D eigenvalue weighted by Gasteiger charge is 2.19. The number of aromatic nitrogens is 2. The molecule has 0 N–H and O–H groups in total. The number of ether oxygens (including phenoxy) is 2. The minimum Gasteiger partial charge on any atom is -0.465 e. The van der Waals surface area contributed by atoms with Crippen LogP contribution in [0.5, 0.6) is 0 Å². The smallest absolute Gasteiger partial charge is 0.376 e. The lowest BCUT2D eigenvalue weighted by molar-refractivity contribution is -0.141. The molecule has 1 aromatic rings. The van der Waals surface area contributed by atoms with E-state index < -0.39 is 5.97 Å². The van der Waals surface area contributed by atoms with Crippen LogP contribution in [0.1, 0.15) is 31.4 Å². The van der Waals surface area contributed by atoms with E-state index >= 15 is 0 Å². The lowest BCUT2D eigenvalue weighted by Gasteiger charge is -2.26. The summed E-state index contributed by atoms with van der Waals surface area (Å²) in [5.74, 6) is -0.533. The van der Waals surface area contributed by atoms with Gasteiger partial charge in [-0.25, -0.2) is 14.8 Å². The zero-order valence-corrected chi connectivity index (χ0v) is 12.1. The Morgan fingerprint density at radius 2 is 2.10 bits per heavy atom. The maximum Gasteiger partial charge on any atom is 0.376 e. The van der Waals surface area contributed by atoms with E-state index in [0.717, 1.165) is 0 Å². The van der Waals surface area contributed by atoms with Crippen molar-refractivity contribution in [1.82, 2.24) is 9.97 Å². The molecule has 0 saturated heterocycles. The quantitative estimate of drug-likeness (QED) is 0.720. The van der Waals surface area contributed by atoms with Crippen molar-refractivity contribution in [3.05, 3.63) is 18.1 Å². The maximum absolute atomic E-state index is 11.6. The fourth-order valence-electron chi connectivity index (χ4n) is 1.57. The number of hydrogen-bond donors (Lipinski definition) is 0. The molecule has 20 heavy (non-hydrogen) atoms. The summed E-state index contributed by atoms with van der Waals surface area (Å²) in [7, 11) is 1.26. The number of anilines is 1. The van der Waals surface area contributed by atoms with Crippen molar-refractivity contribution in [2.75, 3.05) is 25.2 Å². The van der Waals surface area contributed by atoms with Crippen LogP contribution in [-0.4, -0.2) is 48.2 Å². The highest BCUT2D eigenvalue weighted by Crippen LogP contribution is 2.14. The Kier molecular flexibility index (Phi) is 5.89. The van der Waals surface area contributed by atoms with Crippen LogP contribution in [0.15, 0.2) is 12.3 Å². The fourth-order valence-corrected chi connectivity index (χ4v) is 1.57. The molecule has 0 amide bonds.